The first kappa shape index (κ1) is 40.9. The second-order valence-electron chi connectivity index (χ2n) is 12.2. The fraction of sp³-hybridized carbons (Fsp3) is 0.128. The van der Waals surface area contributed by atoms with Crippen LogP contribution < -0.4 is 18.9 Å². The molecule has 0 aromatic heterocycles. The minimum Gasteiger partial charge on any atom is -0.481 e. The zero-order valence-corrected chi connectivity index (χ0v) is 40.2. The summed E-state index contributed by atoms with van der Waals surface area (Å²) in [4.78, 5) is 25.8. The normalized spacial score (nSPS) is 11.5. The molecule has 0 fully saturated rings. The van der Waals surface area contributed by atoms with Gasteiger partial charge in [0.15, 0.2) is 24.7 Å². The van der Waals surface area contributed by atoms with Gasteiger partial charge in [-0.1, -0.05) is 70.0 Å². The van der Waals surface area contributed by atoms with Gasteiger partial charge in [0.25, 0.3) is 0 Å². The minimum atomic E-state index is -0.567. The summed E-state index contributed by atoms with van der Waals surface area (Å²) in [5, 5.41) is 3.97. The topological polar surface area (TPSA) is 71.1 Å². The predicted octanol–water partition coefficient (Wildman–Crippen LogP) is 14.4. The molecule has 0 N–H and O–H groups in total. The molecule has 0 saturated carbocycles. The third kappa shape index (κ3) is 9.27. The first-order chi connectivity index (χ1) is 25.1. The summed E-state index contributed by atoms with van der Waals surface area (Å²) >= 11 is 28.6. The van der Waals surface area contributed by atoms with Gasteiger partial charge in [-0.2, -0.15) is 0 Å². The van der Waals surface area contributed by atoms with Gasteiger partial charge >= 0.3 is 11.9 Å². The molecule has 53 heavy (non-hydrogen) atoms. The van der Waals surface area contributed by atoms with Gasteiger partial charge in [-0.05, 0) is 189 Å². The number of fused-ring (bicyclic) bond motifs is 2. The van der Waals surface area contributed by atoms with Crippen LogP contribution in [0.15, 0.2) is 121 Å². The smallest absolute Gasteiger partial charge is 0.349 e. The molecule has 0 atom stereocenters. The Balaban J connectivity index is 1.11. The van der Waals surface area contributed by atoms with Crippen molar-refractivity contribution in [1.29, 1.82) is 0 Å². The molecule has 14 heteroatoms. The quantitative estimate of drug-likeness (QED) is 0.101. The maximum atomic E-state index is 12.9. The van der Waals surface area contributed by atoms with Gasteiger partial charge in [0.1, 0.15) is 11.5 Å². The summed E-state index contributed by atoms with van der Waals surface area (Å²) in [6.45, 7) is 3.54. The van der Waals surface area contributed by atoms with E-state index < -0.39 is 17.4 Å². The average molecular weight is 1230 g/mol. The van der Waals surface area contributed by atoms with Gasteiger partial charge in [0.05, 0.1) is 26.8 Å². The maximum Gasteiger partial charge on any atom is 0.349 e. The summed E-state index contributed by atoms with van der Waals surface area (Å²) in [7, 11) is 0. The van der Waals surface area contributed by atoms with Crippen molar-refractivity contribution in [2.45, 2.75) is 19.3 Å². The van der Waals surface area contributed by atoms with Crippen molar-refractivity contribution in [2.24, 2.45) is 0 Å². The van der Waals surface area contributed by atoms with Crippen molar-refractivity contribution in [3.8, 4) is 23.0 Å². The van der Waals surface area contributed by atoms with Gasteiger partial charge in [0, 0.05) is 14.4 Å². The molecule has 6 nitrogen and oxygen atoms in total. The summed E-state index contributed by atoms with van der Waals surface area (Å²) in [5.41, 5.74) is 1.30. The van der Waals surface area contributed by atoms with Crippen LogP contribution in [0.25, 0.3) is 21.5 Å². The van der Waals surface area contributed by atoms with E-state index in [9.17, 15) is 9.59 Å². The molecule has 0 aliphatic carbocycles. The van der Waals surface area contributed by atoms with Crippen LogP contribution in [0, 0.1) is 0 Å². The van der Waals surface area contributed by atoms with E-state index >= 15 is 0 Å². The molecule has 272 valence electrons. The number of benzene rings is 6. The van der Waals surface area contributed by atoms with Crippen molar-refractivity contribution in [2.75, 3.05) is 13.2 Å². The Bertz CT molecular complexity index is 2220. The number of carbonyl (C=O) groups excluding carboxylic acids is 2. The standard InChI is InChI=1S/C39H24Br8O6/c1-39(2,21-13-27(42)37(28(43)14-21)52-33(48)17-50-31-9-3-19-11-23(40)5-7-25(19)35(31)46)22-15-29(44)38(30(45)16-22)53-34(49)18-51-32-10-4-20-12-24(41)6-8-26(20)36(32)47/h3-16H,17-18H2,1-2H3. The Hall–Kier alpha value is -1.78. The minimum absolute atomic E-state index is 0.294. The van der Waals surface area contributed by atoms with Crippen LogP contribution in [0.1, 0.15) is 25.0 Å². The van der Waals surface area contributed by atoms with Gasteiger partial charge in [0.2, 0.25) is 0 Å². The lowest BCUT2D eigenvalue weighted by molar-refractivity contribution is -0.137. The highest BCUT2D eigenvalue weighted by Gasteiger charge is 2.28. The SMILES string of the molecule is CC(C)(c1cc(Br)c(OC(=O)COc2ccc3cc(Br)ccc3c2Br)c(Br)c1)c1cc(Br)c(OC(=O)COc2ccc3cc(Br)ccc3c2Br)c(Br)c1. The van der Waals surface area contributed by atoms with E-state index in [-0.39, 0.29) is 13.2 Å². The Morgan fingerprint density at radius 2 is 0.868 bits per heavy atom. The molecule has 0 heterocycles. The number of hydrogen-bond donors (Lipinski definition) is 0. The van der Waals surface area contributed by atoms with Crippen molar-refractivity contribution in [3.63, 3.8) is 0 Å². The highest BCUT2D eigenvalue weighted by atomic mass is 79.9. The van der Waals surface area contributed by atoms with Crippen molar-refractivity contribution >= 4 is 161 Å². The number of halogens is 8. The Morgan fingerprint density at radius 3 is 1.23 bits per heavy atom. The van der Waals surface area contributed by atoms with E-state index in [1.807, 2.05) is 84.9 Å². The highest BCUT2D eigenvalue weighted by Crippen LogP contribution is 2.44. The van der Waals surface area contributed by atoms with Crippen LogP contribution >= 0.6 is 127 Å². The number of esters is 2. The summed E-state index contributed by atoms with van der Waals surface area (Å²) < 4.78 is 28.9. The first-order valence-electron chi connectivity index (χ1n) is 15.5. The van der Waals surface area contributed by atoms with Gasteiger partial charge in [-0.25, -0.2) is 9.59 Å². The molecule has 0 amide bonds. The zero-order valence-electron chi connectivity index (χ0n) is 27.5. The summed E-state index contributed by atoms with van der Waals surface area (Å²) in [6, 6.07) is 26.9. The van der Waals surface area contributed by atoms with Crippen LogP contribution in [0.5, 0.6) is 23.0 Å². The largest absolute Gasteiger partial charge is 0.481 e. The van der Waals surface area contributed by atoms with Crippen LogP contribution in [0.3, 0.4) is 0 Å². The fourth-order valence-corrected chi connectivity index (χ4v) is 10.1. The fourth-order valence-electron chi connectivity index (χ4n) is 5.47. The summed E-state index contributed by atoms with van der Waals surface area (Å²) in [6.07, 6.45) is 0. The van der Waals surface area contributed by atoms with Crippen molar-refractivity contribution in [1.82, 2.24) is 0 Å². The molecule has 0 unspecified atom stereocenters. The molecule has 6 rings (SSSR count). The molecule has 6 aromatic carbocycles. The zero-order chi connectivity index (χ0) is 38.2. The predicted molar refractivity (Wildman–Crippen MR) is 237 cm³/mol. The van der Waals surface area contributed by atoms with Crippen LogP contribution in [0.2, 0.25) is 0 Å². The Kier molecular flexibility index (Phi) is 13.2. The monoisotopic (exact) mass is 1220 g/mol. The molecule has 0 bridgehead atoms. The van der Waals surface area contributed by atoms with Crippen LogP contribution in [0.4, 0.5) is 0 Å². The van der Waals surface area contributed by atoms with Crippen molar-refractivity contribution in [3.05, 3.63) is 132 Å². The number of ether oxygens (including phenoxy) is 4. The molecule has 0 spiro atoms. The highest BCUT2D eigenvalue weighted by molar-refractivity contribution is 9.12. The lowest BCUT2D eigenvalue weighted by Crippen LogP contribution is -2.21. The summed E-state index contributed by atoms with van der Waals surface area (Å²) in [5.74, 6) is 0.584. The van der Waals surface area contributed by atoms with E-state index in [2.05, 4.69) is 141 Å². The third-order valence-corrected chi connectivity index (χ3v) is 13.3. The van der Waals surface area contributed by atoms with Crippen LogP contribution in [-0.4, -0.2) is 25.2 Å². The lowest BCUT2D eigenvalue weighted by atomic mass is 9.78. The first-order valence-corrected chi connectivity index (χ1v) is 21.9. The van der Waals surface area contributed by atoms with E-state index in [1.54, 1.807) is 0 Å². The van der Waals surface area contributed by atoms with Gasteiger partial charge < -0.3 is 18.9 Å². The van der Waals surface area contributed by atoms with Gasteiger partial charge in [-0.3, -0.25) is 0 Å². The molecular weight excluding hydrogens is 1200 g/mol. The lowest BCUT2D eigenvalue weighted by Gasteiger charge is -2.28. The Morgan fingerprint density at radius 1 is 0.509 bits per heavy atom. The molecule has 0 aliphatic heterocycles. The second-order valence-corrected chi connectivity index (χ2v) is 19.0. The molecule has 0 aliphatic rings. The molecular formula is C39H24Br8O6. The number of carbonyl (C=O) groups is 2. The molecule has 6 aromatic rings. The number of rotatable bonds is 10. The van der Waals surface area contributed by atoms with E-state index in [1.165, 1.54) is 0 Å². The van der Waals surface area contributed by atoms with E-state index in [4.69, 9.17) is 18.9 Å². The average Bonchev–Trinajstić information content (AvgIpc) is 3.10. The molecule has 0 radical (unpaired) electrons. The van der Waals surface area contributed by atoms with E-state index in [0.717, 1.165) is 50.6 Å². The van der Waals surface area contributed by atoms with Gasteiger partial charge in [-0.15, -0.1) is 0 Å². The second kappa shape index (κ2) is 17.2. The van der Waals surface area contributed by atoms with Crippen LogP contribution in [-0.2, 0) is 15.0 Å². The molecule has 0 saturated heterocycles. The maximum absolute atomic E-state index is 12.9. The van der Waals surface area contributed by atoms with Crippen molar-refractivity contribution < 1.29 is 28.5 Å². The van der Waals surface area contributed by atoms with E-state index in [0.29, 0.717) is 40.9 Å². The number of hydrogen-bond acceptors (Lipinski definition) is 6. The Labute approximate surface area is 372 Å². The third-order valence-electron chi connectivity index (χ3n) is 8.32.